The number of nitriles is 1. The van der Waals surface area contributed by atoms with Crippen molar-refractivity contribution in [2.75, 3.05) is 0 Å². The summed E-state index contributed by atoms with van der Waals surface area (Å²) in [6.45, 7) is 1.79. The summed E-state index contributed by atoms with van der Waals surface area (Å²) < 4.78 is 13.6. The van der Waals surface area contributed by atoms with Gasteiger partial charge in [-0.3, -0.25) is 4.79 Å². The summed E-state index contributed by atoms with van der Waals surface area (Å²) in [4.78, 5) is 15.7. The summed E-state index contributed by atoms with van der Waals surface area (Å²) in [5.41, 5.74) is 1.11. The van der Waals surface area contributed by atoms with Crippen molar-refractivity contribution in [3.8, 4) is 11.8 Å². The molecule has 106 valence electrons. The fourth-order valence-corrected chi connectivity index (χ4v) is 1.83. The molecule has 5 nitrogen and oxygen atoms in total. The average Bonchev–Trinajstić information content (AvgIpc) is 2.47. The largest absolute Gasteiger partial charge is 0.505 e. The number of rotatable bonds is 3. The van der Waals surface area contributed by atoms with Crippen LogP contribution in [-0.2, 0) is 6.54 Å². The molecule has 1 aromatic heterocycles. The molecule has 0 saturated heterocycles. The first-order valence-corrected chi connectivity index (χ1v) is 6.14. The van der Waals surface area contributed by atoms with Gasteiger partial charge in [0.1, 0.15) is 17.6 Å². The number of pyridine rings is 1. The van der Waals surface area contributed by atoms with Gasteiger partial charge in [0.15, 0.2) is 5.69 Å². The molecule has 2 aromatic rings. The summed E-state index contributed by atoms with van der Waals surface area (Å²) in [7, 11) is 0. The summed E-state index contributed by atoms with van der Waals surface area (Å²) in [6.07, 6.45) is 1.39. The number of aromatic nitrogens is 1. The van der Waals surface area contributed by atoms with Crippen LogP contribution < -0.4 is 5.32 Å². The Balaban J connectivity index is 2.14. The molecular weight excluding hydrogens is 273 g/mol. The number of benzene rings is 1. The van der Waals surface area contributed by atoms with E-state index >= 15 is 0 Å². The second kappa shape index (κ2) is 6.01. The van der Waals surface area contributed by atoms with Crippen molar-refractivity contribution >= 4 is 5.91 Å². The molecule has 0 radical (unpaired) electrons. The topological polar surface area (TPSA) is 86.0 Å². The Bertz CT molecular complexity index is 738. The molecular formula is C15H12FN3O2. The lowest BCUT2D eigenvalue weighted by molar-refractivity contribution is 0.0943. The van der Waals surface area contributed by atoms with E-state index in [4.69, 9.17) is 5.26 Å². The second-order valence-corrected chi connectivity index (χ2v) is 4.42. The van der Waals surface area contributed by atoms with E-state index in [-0.39, 0.29) is 23.6 Å². The van der Waals surface area contributed by atoms with Gasteiger partial charge in [-0.2, -0.15) is 5.26 Å². The highest BCUT2D eigenvalue weighted by molar-refractivity contribution is 5.94. The Morgan fingerprint density at radius 1 is 1.52 bits per heavy atom. The number of carbonyl (C=O) groups is 1. The van der Waals surface area contributed by atoms with Gasteiger partial charge in [-0.05, 0) is 42.3 Å². The Morgan fingerprint density at radius 2 is 2.29 bits per heavy atom. The molecule has 0 aliphatic carbocycles. The number of amides is 1. The maximum atomic E-state index is 13.6. The van der Waals surface area contributed by atoms with Gasteiger partial charge in [0.2, 0.25) is 0 Å². The first-order valence-electron chi connectivity index (χ1n) is 6.14. The SMILES string of the molecule is Cc1cc(C#N)c(F)cc1CNC(=O)c1ncccc1O. The molecule has 1 aromatic carbocycles. The fourth-order valence-electron chi connectivity index (χ4n) is 1.83. The van der Waals surface area contributed by atoms with E-state index in [0.717, 1.165) is 0 Å². The Morgan fingerprint density at radius 3 is 2.95 bits per heavy atom. The van der Waals surface area contributed by atoms with Gasteiger partial charge >= 0.3 is 0 Å². The minimum absolute atomic E-state index is 0.0371. The van der Waals surface area contributed by atoms with Gasteiger partial charge in [0, 0.05) is 12.7 Å². The highest BCUT2D eigenvalue weighted by Gasteiger charge is 2.13. The van der Waals surface area contributed by atoms with Crippen LogP contribution in [0.3, 0.4) is 0 Å². The second-order valence-electron chi connectivity index (χ2n) is 4.42. The normalized spacial score (nSPS) is 9.95. The van der Waals surface area contributed by atoms with Crippen LogP contribution in [0.4, 0.5) is 4.39 Å². The van der Waals surface area contributed by atoms with E-state index in [9.17, 15) is 14.3 Å². The van der Waals surface area contributed by atoms with E-state index in [1.807, 2.05) is 0 Å². The van der Waals surface area contributed by atoms with E-state index < -0.39 is 11.7 Å². The predicted molar refractivity (Wildman–Crippen MR) is 72.9 cm³/mol. The summed E-state index contributed by atoms with van der Waals surface area (Å²) in [5, 5.41) is 20.8. The van der Waals surface area contributed by atoms with E-state index in [0.29, 0.717) is 11.1 Å². The Kier molecular flexibility index (Phi) is 4.14. The number of hydrogen-bond donors (Lipinski definition) is 2. The monoisotopic (exact) mass is 285 g/mol. The van der Waals surface area contributed by atoms with Crippen LogP contribution in [0.1, 0.15) is 27.2 Å². The molecule has 1 heterocycles. The zero-order chi connectivity index (χ0) is 15.4. The lowest BCUT2D eigenvalue weighted by Crippen LogP contribution is -2.24. The predicted octanol–water partition coefficient (Wildman–Crippen LogP) is 2.04. The van der Waals surface area contributed by atoms with Crippen LogP contribution in [0.15, 0.2) is 30.5 Å². The zero-order valence-corrected chi connectivity index (χ0v) is 11.2. The number of nitrogens with zero attached hydrogens (tertiary/aromatic N) is 2. The van der Waals surface area contributed by atoms with Crippen LogP contribution in [0.2, 0.25) is 0 Å². The molecule has 6 heteroatoms. The Hall–Kier alpha value is -2.94. The van der Waals surface area contributed by atoms with Gasteiger partial charge in [-0.1, -0.05) is 0 Å². The molecule has 0 fully saturated rings. The number of nitrogens with one attached hydrogen (secondary N) is 1. The maximum Gasteiger partial charge on any atom is 0.273 e. The lowest BCUT2D eigenvalue weighted by Gasteiger charge is -2.09. The van der Waals surface area contributed by atoms with E-state index in [2.05, 4.69) is 10.3 Å². The molecule has 0 spiro atoms. The van der Waals surface area contributed by atoms with Gasteiger partial charge in [0.05, 0.1) is 5.56 Å². The first-order chi connectivity index (χ1) is 10.0. The third-order valence-corrected chi connectivity index (χ3v) is 2.99. The number of aromatic hydroxyl groups is 1. The number of hydrogen-bond acceptors (Lipinski definition) is 4. The smallest absolute Gasteiger partial charge is 0.273 e. The third-order valence-electron chi connectivity index (χ3n) is 2.99. The van der Waals surface area contributed by atoms with Crippen molar-refractivity contribution in [3.63, 3.8) is 0 Å². The molecule has 2 rings (SSSR count). The molecule has 0 aliphatic rings. The van der Waals surface area contributed by atoms with Crippen molar-refractivity contribution in [3.05, 3.63) is 58.7 Å². The van der Waals surface area contributed by atoms with Gasteiger partial charge in [-0.15, -0.1) is 0 Å². The standard InChI is InChI=1S/C15H12FN3O2/c1-9-5-10(7-17)12(16)6-11(9)8-19-15(21)14-13(20)3-2-4-18-14/h2-6,20H,8H2,1H3,(H,19,21). The maximum absolute atomic E-state index is 13.6. The highest BCUT2D eigenvalue weighted by atomic mass is 19.1. The summed E-state index contributed by atoms with van der Waals surface area (Å²) in [6, 6.07) is 7.26. The molecule has 0 bridgehead atoms. The molecule has 0 unspecified atom stereocenters. The van der Waals surface area contributed by atoms with Gasteiger partial charge in [0.25, 0.3) is 5.91 Å². The first kappa shape index (κ1) is 14.5. The zero-order valence-electron chi connectivity index (χ0n) is 11.2. The van der Waals surface area contributed by atoms with Gasteiger partial charge < -0.3 is 10.4 Å². The fraction of sp³-hybridized carbons (Fsp3) is 0.133. The van der Waals surface area contributed by atoms with E-state index in [1.54, 1.807) is 13.0 Å². The van der Waals surface area contributed by atoms with Crippen molar-refractivity contribution in [2.45, 2.75) is 13.5 Å². The molecule has 0 saturated carbocycles. The molecule has 2 N–H and O–H groups in total. The van der Waals surface area contributed by atoms with Crippen LogP contribution >= 0.6 is 0 Å². The van der Waals surface area contributed by atoms with Crippen LogP contribution in [0, 0.1) is 24.1 Å². The Labute approximate surface area is 120 Å². The average molecular weight is 285 g/mol. The van der Waals surface area contributed by atoms with Crippen LogP contribution in [0.5, 0.6) is 5.75 Å². The van der Waals surface area contributed by atoms with E-state index in [1.165, 1.54) is 30.5 Å². The summed E-state index contributed by atoms with van der Waals surface area (Å²) in [5.74, 6) is -1.41. The van der Waals surface area contributed by atoms with Crippen LogP contribution in [0.25, 0.3) is 0 Å². The summed E-state index contributed by atoms with van der Waals surface area (Å²) >= 11 is 0. The van der Waals surface area contributed by atoms with Crippen molar-refractivity contribution in [2.24, 2.45) is 0 Å². The third kappa shape index (κ3) is 3.15. The number of carbonyl (C=O) groups excluding carboxylic acids is 1. The minimum Gasteiger partial charge on any atom is -0.505 e. The molecule has 21 heavy (non-hydrogen) atoms. The minimum atomic E-state index is -0.631. The van der Waals surface area contributed by atoms with Gasteiger partial charge in [-0.25, -0.2) is 9.37 Å². The molecule has 0 aliphatic heterocycles. The number of aryl methyl sites for hydroxylation is 1. The quantitative estimate of drug-likeness (QED) is 0.903. The van der Waals surface area contributed by atoms with Crippen molar-refractivity contribution in [1.29, 1.82) is 5.26 Å². The number of halogens is 1. The molecule has 1 amide bonds. The highest BCUT2D eigenvalue weighted by Crippen LogP contribution is 2.16. The van der Waals surface area contributed by atoms with Crippen LogP contribution in [-0.4, -0.2) is 16.0 Å². The van der Waals surface area contributed by atoms with Crippen molar-refractivity contribution in [1.82, 2.24) is 10.3 Å². The molecule has 0 atom stereocenters. The van der Waals surface area contributed by atoms with Crippen molar-refractivity contribution < 1.29 is 14.3 Å². The lowest BCUT2D eigenvalue weighted by atomic mass is 10.0.